The van der Waals surface area contributed by atoms with E-state index in [-0.39, 0.29) is 17.9 Å². The highest BCUT2D eigenvalue weighted by molar-refractivity contribution is 9.11. The number of aryl methyl sites for hydroxylation is 1. The van der Waals surface area contributed by atoms with Gasteiger partial charge in [0.05, 0.1) is 23.3 Å². The maximum absolute atomic E-state index is 13.0. The number of aromatic nitrogens is 2. The molecule has 2 aromatic heterocycles. The van der Waals surface area contributed by atoms with Crippen molar-refractivity contribution in [2.24, 2.45) is 0 Å². The van der Waals surface area contributed by atoms with Crippen LogP contribution in [0.2, 0.25) is 0 Å². The molecule has 36 heavy (non-hydrogen) atoms. The minimum Gasteiger partial charge on any atom is -0.465 e. The molecule has 2 amide bonds. The molecular formula is C25H24Br2N4O4S. The average molecular weight is 636 g/mol. The van der Waals surface area contributed by atoms with Crippen LogP contribution in [-0.2, 0) is 17.6 Å². The Labute approximate surface area is 229 Å². The van der Waals surface area contributed by atoms with Gasteiger partial charge in [-0.1, -0.05) is 12.1 Å². The maximum Gasteiger partial charge on any atom is 0.407 e. The number of rotatable bonds is 6. The largest absolute Gasteiger partial charge is 0.465 e. The average Bonchev–Trinajstić information content (AvgIpc) is 3.54. The molecule has 0 radical (unpaired) electrons. The zero-order valence-corrected chi connectivity index (χ0v) is 23.1. The Morgan fingerprint density at radius 3 is 2.78 bits per heavy atom. The Bertz CT molecular complexity index is 1290. The molecule has 1 aliphatic carbocycles. The molecule has 1 saturated heterocycles. The summed E-state index contributed by atoms with van der Waals surface area (Å²) in [5.41, 5.74) is 3.07. The molecule has 1 aliphatic heterocycles. The van der Waals surface area contributed by atoms with Crippen molar-refractivity contribution in [2.75, 3.05) is 5.32 Å². The Balaban J connectivity index is 1.26. The van der Waals surface area contributed by atoms with Crippen molar-refractivity contribution in [3.8, 4) is 0 Å². The topological polar surface area (TPSA) is 116 Å². The Kier molecular flexibility index (Phi) is 7.43. The van der Waals surface area contributed by atoms with Crippen LogP contribution in [-0.4, -0.2) is 49.2 Å². The second-order valence-corrected chi connectivity index (χ2v) is 12.3. The number of carboxylic acid groups (broad SMARTS) is 1. The van der Waals surface area contributed by atoms with Gasteiger partial charge >= 0.3 is 6.09 Å². The SMILES string of the molecule is O=C(Nc1ccc(C[C@@H]2CC[C@H]([C@H](O)c3cccnc3)N2C(=O)O)cc1Br)[C@@H]1CCc2sc(Br)nc21. The van der Waals surface area contributed by atoms with Crippen molar-refractivity contribution in [3.05, 3.63) is 72.8 Å². The highest BCUT2D eigenvalue weighted by Crippen LogP contribution is 2.39. The van der Waals surface area contributed by atoms with Crippen molar-refractivity contribution >= 4 is 60.9 Å². The number of aliphatic hydroxyl groups excluding tert-OH is 1. The molecule has 1 fully saturated rings. The molecule has 1 aromatic carbocycles. The quantitative estimate of drug-likeness (QED) is 0.329. The lowest BCUT2D eigenvalue weighted by atomic mass is 10.0. The van der Waals surface area contributed by atoms with E-state index in [4.69, 9.17) is 0 Å². The van der Waals surface area contributed by atoms with Crippen LogP contribution in [0.4, 0.5) is 10.5 Å². The van der Waals surface area contributed by atoms with Crippen LogP contribution < -0.4 is 5.32 Å². The summed E-state index contributed by atoms with van der Waals surface area (Å²) in [7, 11) is 0. The summed E-state index contributed by atoms with van der Waals surface area (Å²) in [6.45, 7) is 0. The molecular weight excluding hydrogens is 612 g/mol. The van der Waals surface area contributed by atoms with Crippen LogP contribution in [0, 0.1) is 0 Å². The highest BCUT2D eigenvalue weighted by Gasteiger charge is 2.41. The lowest BCUT2D eigenvalue weighted by molar-refractivity contribution is -0.117. The molecule has 0 unspecified atom stereocenters. The van der Waals surface area contributed by atoms with Crippen LogP contribution in [0.5, 0.6) is 0 Å². The summed E-state index contributed by atoms with van der Waals surface area (Å²) in [4.78, 5) is 36.2. The molecule has 3 heterocycles. The lowest BCUT2D eigenvalue weighted by Crippen LogP contribution is -2.44. The molecule has 3 N–H and O–H groups in total. The molecule has 11 heteroatoms. The minimum atomic E-state index is -1.04. The first-order valence-corrected chi connectivity index (χ1v) is 14.1. The number of halogens is 2. The van der Waals surface area contributed by atoms with Gasteiger partial charge in [0, 0.05) is 33.3 Å². The molecule has 8 nitrogen and oxygen atoms in total. The number of carbonyl (C=O) groups is 2. The van der Waals surface area contributed by atoms with E-state index in [9.17, 15) is 19.8 Å². The summed E-state index contributed by atoms with van der Waals surface area (Å²) in [5, 5.41) is 23.8. The summed E-state index contributed by atoms with van der Waals surface area (Å²) < 4.78 is 1.53. The number of nitrogens with one attached hydrogen (secondary N) is 1. The third-order valence-corrected chi connectivity index (χ3v) is 9.17. The third-order valence-electron chi connectivity index (χ3n) is 6.93. The Morgan fingerprint density at radius 1 is 1.22 bits per heavy atom. The number of likely N-dealkylation sites (tertiary alicyclic amines) is 1. The number of anilines is 1. The van der Waals surface area contributed by atoms with E-state index in [1.807, 2.05) is 18.2 Å². The minimum absolute atomic E-state index is 0.0833. The molecule has 188 valence electrons. The third kappa shape index (κ3) is 5.06. The fourth-order valence-corrected chi connectivity index (χ4v) is 7.39. The summed E-state index contributed by atoms with van der Waals surface area (Å²) in [6, 6.07) is 8.37. The summed E-state index contributed by atoms with van der Waals surface area (Å²) >= 11 is 8.55. The zero-order valence-electron chi connectivity index (χ0n) is 19.1. The number of benzene rings is 1. The van der Waals surface area contributed by atoms with Crippen molar-refractivity contribution < 1.29 is 19.8 Å². The van der Waals surface area contributed by atoms with Gasteiger partial charge in [-0.05, 0) is 87.7 Å². The van der Waals surface area contributed by atoms with Crippen LogP contribution >= 0.6 is 43.2 Å². The van der Waals surface area contributed by atoms with E-state index in [2.05, 4.69) is 47.1 Å². The summed E-state index contributed by atoms with van der Waals surface area (Å²) in [5.74, 6) is -0.347. The molecule has 5 rings (SSSR count). The number of pyridine rings is 1. The fourth-order valence-electron chi connectivity index (χ4n) is 5.23. The van der Waals surface area contributed by atoms with Crippen molar-refractivity contribution in [1.29, 1.82) is 0 Å². The van der Waals surface area contributed by atoms with Gasteiger partial charge in [0.1, 0.15) is 6.10 Å². The van der Waals surface area contributed by atoms with Crippen LogP contribution in [0.1, 0.15) is 53.0 Å². The van der Waals surface area contributed by atoms with Crippen molar-refractivity contribution in [3.63, 3.8) is 0 Å². The van der Waals surface area contributed by atoms with Gasteiger partial charge in [-0.3, -0.25) is 14.7 Å². The zero-order chi connectivity index (χ0) is 25.4. The number of carbonyl (C=O) groups excluding carboxylic acids is 1. The van der Waals surface area contributed by atoms with Crippen molar-refractivity contribution in [2.45, 2.75) is 56.2 Å². The smallest absolute Gasteiger partial charge is 0.407 e. The maximum atomic E-state index is 13.0. The highest BCUT2D eigenvalue weighted by atomic mass is 79.9. The van der Waals surface area contributed by atoms with Crippen LogP contribution in [0.3, 0.4) is 0 Å². The number of aliphatic hydroxyl groups is 1. The Hall–Kier alpha value is -2.34. The molecule has 2 aliphatic rings. The van der Waals surface area contributed by atoms with E-state index >= 15 is 0 Å². The van der Waals surface area contributed by atoms with Gasteiger partial charge in [0.2, 0.25) is 5.91 Å². The van der Waals surface area contributed by atoms with Crippen molar-refractivity contribution in [1.82, 2.24) is 14.9 Å². The van der Waals surface area contributed by atoms with E-state index in [1.54, 1.807) is 35.9 Å². The second kappa shape index (κ2) is 10.6. The first kappa shape index (κ1) is 25.3. The Morgan fingerprint density at radius 2 is 2.06 bits per heavy atom. The van der Waals surface area contributed by atoms with Crippen LogP contribution in [0.15, 0.2) is 51.1 Å². The number of nitrogens with zero attached hydrogens (tertiary/aromatic N) is 3. The molecule has 0 bridgehead atoms. The first-order chi connectivity index (χ1) is 17.3. The van der Waals surface area contributed by atoms with E-state index < -0.39 is 18.2 Å². The van der Waals surface area contributed by atoms with Crippen LogP contribution in [0.25, 0.3) is 0 Å². The molecule has 4 atom stereocenters. The van der Waals surface area contributed by atoms with Gasteiger partial charge in [-0.15, -0.1) is 11.3 Å². The standard InChI is InChI=1S/C25H24Br2N4O4S/c26-17-11-13(3-6-18(17)29-23(33)16-5-8-20-21(16)30-24(27)36-20)10-15-4-7-19(31(15)25(34)35)22(32)14-2-1-9-28-12-14/h1-3,6,9,11-12,15-16,19,22,32H,4-5,7-8,10H2,(H,29,33)(H,34,35)/t15-,16+,19+,22+/m0/s1. The number of hydrogen-bond acceptors (Lipinski definition) is 6. The predicted molar refractivity (Wildman–Crippen MR) is 143 cm³/mol. The summed E-state index contributed by atoms with van der Waals surface area (Å²) in [6.07, 6.45) is 4.55. The number of fused-ring (bicyclic) bond motifs is 1. The molecule has 0 spiro atoms. The normalized spacial score (nSPS) is 21.9. The van der Waals surface area contributed by atoms with Gasteiger partial charge in [-0.25, -0.2) is 9.78 Å². The fraction of sp³-hybridized carbons (Fsp3) is 0.360. The van der Waals surface area contributed by atoms with Gasteiger partial charge in [0.15, 0.2) is 3.92 Å². The second-order valence-electron chi connectivity index (χ2n) is 9.09. The number of amides is 2. The van der Waals surface area contributed by atoms with Gasteiger partial charge < -0.3 is 15.5 Å². The number of hydrogen-bond donors (Lipinski definition) is 3. The number of thiazole rings is 1. The van der Waals surface area contributed by atoms with E-state index in [0.29, 0.717) is 30.5 Å². The monoisotopic (exact) mass is 634 g/mol. The van der Waals surface area contributed by atoms with E-state index in [1.165, 1.54) is 4.90 Å². The first-order valence-electron chi connectivity index (χ1n) is 11.7. The van der Waals surface area contributed by atoms with E-state index in [0.717, 1.165) is 37.4 Å². The molecule has 3 aromatic rings. The van der Waals surface area contributed by atoms with Gasteiger partial charge in [-0.2, -0.15) is 0 Å². The molecule has 0 saturated carbocycles. The van der Waals surface area contributed by atoms with Gasteiger partial charge in [0.25, 0.3) is 0 Å². The predicted octanol–water partition coefficient (Wildman–Crippen LogP) is 5.52. The lowest BCUT2D eigenvalue weighted by Gasteiger charge is -2.31.